The van der Waals surface area contributed by atoms with Crippen molar-refractivity contribution in [1.82, 2.24) is 4.72 Å². The number of carboxylic acids is 1. The number of sulfonamides is 1. The molecule has 2 rings (SSSR count). The molecule has 0 bridgehead atoms. The number of carboxylic acid groups (broad SMARTS) is 1. The summed E-state index contributed by atoms with van der Waals surface area (Å²) in [6, 6.07) is 2.79. The smallest absolute Gasteiger partial charge is 0.306 e. The third kappa shape index (κ3) is 4.51. The number of carbonyl (C=O) groups excluding carboxylic acids is 1. The first-order chi connectivity index (χ1) is 11.2. The molecule has 7 nitrogen and oxygen atoms in total. The molecule has 0 atom stereocenters. The predicted molar refractivity (Wildman–Crippen MR) is 84.4 cm³/mol. The van der Waals surface area contributed by atoms with Crippen molar-refractivity contribution in [2.75, 3.05) is 5.32 Å². The summed E-state index contributed by atoms with van der Waals surface area (Å²) in [5.41, 5.74) is -0.208. The summed E-state index contributed by atoms with van der Waals surface area (Å²) in [4.78, 5) is 21.8. The van der Waals surface area contributed by atoms with Crippen LogP contribution in [0, 0.1) is 11.7 Å². The lowest BCUT2D eigenvalue weighted by Crippen LogP contribution is -2.38. The Labute approximate surface area is 139 Å². The Bertz CT molecular complexity index is 742. The van der Waals surface area contributed by atoms with E-state index < -0.39 is 33.6 Å². The van der Waals surface area contributed by atoms with Crippen LogP contribution in [0.15, 0.2) is 23.1 Å². The van der Waals surface area contributed by atoms with Gasteiger partial charge < -0.3 is 10.4 Å². The summed E-state index contributed by atoms with van der Waals surface area (Å²) >= 11 is 0. The Kier molecular flexibility index (Phi) is 5.55. The lowest BCUT2D eigenvalue weighted by atomic mass is 9.87. The second kappa shape index (κ2) is 7.27. The maximum atomic E-state index is 13.6. The number of aliphatic carboxylic acids is 1. The van der Waals surface area contributed by atoms with Gasteiger partial charge in [0.15, 0.2) is 0 Å². The molecule has 0 saturated heterocycles. The van der Waals surface area contributed by atoms with Gasteiger partial charge in [0.25, 0.3) is 0 Å². The summed E-state index contributed by atoms with van der Waals surface area (Å²) in [6.07, 6.45) is 1.66. The highest BCUT2D eigenvalue weighted by atomic mass is 32.2. The number of anilines is 1. The van der Waals surface area contributed by atoms with Gasteiger partial charge >= 0.3 is 5.97 Å². The molecule has 1 aliphatic rings. The number of nitrogens with one attached hydrogen (secondary N) is 2. The van der Waals surface area contributed by atoms with Crippen LogP contribution >= 0.6 is 0 Å². The van der Waals surface area contributed by atoms with Crippen LogP contribution in [0.5, 0.6) is 0 Å². The largest absolute Gasteiger partial charge is 0.481 e. The highest BCUT2D eigenvalue weighted by Gasteiger charge is 2.29. The van der Waals surface area contributed by atoms with E-state index in [-0.39, 0.29) is 16.6 Å². The third-order valence-electron chi connectivity index (χ3n) is 3.96. The van der Waals surface area contributed by atoms with Crippen molar-refractivity contribution in [2.45, 2.75) is 43.5 Å². The molecule has 0 aromatic heterocycles. The molecule has 0 aliphatic heterocycles. The highest BCUT2D eigenvalue weighted by molar-refractivity contribution is 7.89. The molecule has 0 radical (unpaired) electrons. The van der Waals surface area contributed by atoms with Gasteiger partial charge in [0.05, 0.1) is 16.5 Å². The fourth-order valence-corrected chi connectivity index (χ4v) is 4.03. The van der Waals surface area contributed by atoms with Crippen molar-refractivity contribution in [3.63, 3.8) is 0 Å². The number of hydrogen-bond acceptors (Lipinski definition) is 4. The Hall–Kier alpha value is -2.00. The summed E-state index contributed by atoms with van der Waals surface area (Å²) in [5, 5.41) is 11.2. The Morgan fingerprint density at radius 2 is 1.83 bits per heavy atom. The van der Waals surface area contributed by atoms with Crippen LogP contribution < -0.4 is 10.0 Å². The quantitative estimate of drug-likeness (QED) is 0.742. The minimum absolute atomic E-state index is 0.159. The van der Waals surface area contributed by atoms with E-state index in [4.69, 9.17) is 5.11 Å². The first kappa shape index (κ1) is 18.3. The number of amides is 1. The molecule has 1 aromatic carbocycles. The van der Waals surface area contributed by atoms with Gasteiger partial charge in [-0.3, -0.25) is 9.59 Å². The van der Waals surface area contributed by atoms with Crippen LogP contribution in [0.2, 0.25) is 0 Å². The summed E-state index contributed by atoms with van der Waals surface area (Å²) in [6.45, 7) is 1.19. The number of halogens is 1. The molecular formula is C15H19FN2O5S. The lowest BCUT2D eigenvalue weighted by molar-refractivity contribution is -0.142. The molecular weight excluding hydrogens is 339 g/mol. The standard InChI is InChI=1S/C15H19FN2O5S/c1-9(19)17-14-8-12(6-7-13(14)16)24(22,23)18-11-4-2-10(3-5-11)15(20)21/h6-8,10-11,18H,2-5H2,1H3,(H,17,19)(H,20,21). The van der Waals surface area contributed by atoms with Crippen LogP contribution in [0.4, 0.5) is 10.1 Å². The van der Waals surface area contributed by atoms with Gasteiger partial charge in [-0.2, -0.15) is 0 Å². The molecule has 1 fully saturated rings. The maximum Gasteiger partial charge on any atom is 0.306 e. The number of carbonyl (C=O) groups is 2. The molecule has 1 aliphatic carbocycles. The predicted octanol–water partition coefficient (Wildman–Crippen LogP) is 1.71. The summed E-state index contributed by atoms with van der Waals surface area (Å²) < 4.78 is 40.9. The molecule has 0 spiro atoms. The average Bonchev–Trinajstić information content (AvgIpc) is 2.49. The molecule has 9 heteroatoms. The molecule has 0 unspecified atom stereocenters. The van der Waals surface area contributed by atoms with Crippen LogP contribution in [0.1, 0.15) is 32.6 Å². The molecule has 132 valence electrons. The summed E-state index contributed by atoms with van der Waals surface area (Å²) in [5.74, 6) is -2.55. The van der Waals surface area contributed by atoms with Crippen molar-refractivity contribution >= 4 is 27.6 Å². The van der Waals surface area contributed by atoms with Crippen LogP contribution in [0.25, 0.3) is 0 Å². The zero-order valence-corrected chi connectivity index (χ0v) is 13.9. The molecule has 0 heterocycles. The molecule has 1 aromatic rings. The van der Waals surface area contributed by atoms with Gasteiger partial charge in [-0.1, -0.05) is 0 Å². The van der Waals surface area contributed by atoms with Crippen LogP contribution in [-0.2, 0) is 19.6 Å². The lowest BCUT2D eigenvalue weighted by Gasteiger charge is -2.26. The van der Waals surface area contributed by atoms with Gasteiger partial charge in [0.2, 0.25) is 15.9 Å². The van der Waals surface area contributed by atoms with Gasteiger partial charge in [-0.15, -0.1) is 0 Å². The maximum absolute atomic E-state index is 13.6. The van der Waals surface area contributed by atoms with Crippen molar-refractivity contribution in [1.29, 1.82) is 0 Å². The molecule has 1 saturated carbocycles. The number of benzene rings is 1. The second-order valence-corrected chi connectivity index (χ2v) is 7.54. The van der Waals surface area contributed by atoms with E-state index >= 15 is 0 Å². The minimum atomic E-state index is -3.89. The fourth-order valence-electron chi connectivity index (χ4n) is 2.70. The van der Waals surface area contributed by atoms with E-state index in [1.165, 1.54) is 6.92 Å². The molecule has 24 heavy (non-hydrogen) atoms. The van der Waals surface area contributed by atoms with E-state index in [2.05, 4.69) is 10.0 Å². The van der Waals surface area contributed by atoms with Crippen molar-refractivity contribution in [3.05, 3.63) is 24.0 Å². The van der Waals surface area contributed by atoms with E-state index in [0.717, 1.165) is 18.2 Å². The average molecular weight is 358 g/mol. The molecule has 3 N–H and O–H groups in total. The summed E-state index contributed by atoms with van der Waals surface area (Å²) in [7, 11) is -3.89. The Morgan fingerprint density at radius 1 is 1.21 bits per heavy atom. The SMILES string of the molecule is CC(=O)Nc1cc(S(=O)(=O)NC2CCC(C(=O)O)CC2)ccc1F. The van der Waals surface area contributed by atoms with Gasteiger partial charge in [-0.25, -0.2) is 17.5 Å². The normalized spacial score (nSPS) is 21.2. The number of rotatable bonds is 5. The Morgan fingerprint density at radius 3 is 2.38 bits per heavy atom. The third-order valence-corrected chi connectivity index (χ3v) is 5.48. The zero-order valence-electron chi connectivity index (χ0n) is 13.1. The number of hydrogen-bond donors (Lipinski definition) is 3. The van der Waals surface area contributed by atoms with E-state index in [0.29, 0.717) is 25.7 Å². The van der Waals surface area contributed by atoms with Crippen LogP contribution in [0.3, 0.4) is 0 Å². The molecule has 1 amide bonds. The van der Waals surface area contributed by atoms with Crippen molar-refractivity contribution in [2.24, 2.45) is 5.92 Å². The van der Waals surface area contributed by atoms with E-state index in [1.54, 1.807) is 0 Å². The minimum Gasteiger partial charge on any atom is -0.481 e. The zero-order chi connectivity index (χ0) is 17.9. The van der Waals surface area contributed by atoms with E-state index in [9.17, 15) is 22.4 Å². The highest BCUT2D eigenvalue weighted by Crippen LogP contribution is 2.26. The van der Waals surface area contributed by atoms with E-state index in [1.807, 2.05) is 0 Å². The first-order valence-electron chi connectivity index (χ1n) is 7.51. The first-order valence-corrected chi connectivity index (χ1v) is 8.99. The van der Waals surface area contributed by atoms with Gasteiger partial charge in [-0.05, 0) is 43.9 Å². The second-order valence-electron chi connectivity index (χ2n) is 5.83. The van der Waals surface area contributed by atoms with Crippen molar-refractivity contribution in [3.8, 4) is 0 Å². The van der Waals surface area contributed by atoms with Gasteiger partial charge in [0.1, 0.15) is 5.82 Å². The Balaban J connectivity index is 2.11. The topological polar surface area (TPSA) is 113 Å². The van der Waals surface area contributed by atoms with Gasteiger partial charge in [0, 0.05) is 13.0 Å². The monoisotopic (exact) mass is 358 g/mol. The van der Waals surface area contributed by atoms with Crippen molar-refractivity contribution < 1.29 is 27.5 Å². The van der Waals surface area contributed by atoms with Crippen LogP contribution in [-0.4, -0.2) is 31.4 Å². The fraction of sp³-hybridized carbons (Fsp3) is 0.467.